The second-order valence-electron chi connectivity index (χ2n) is 7.45. The molecule has 2 aliphatic rings. The van der Waals surface area contributed by atoms with Crippen LogP contribution in [0.4, 0.5) is 8.78 Å². The van der Waals surface area contributed by atoms with E-state index in [4.69, 9.17) is 0 Å². The summed E-state index contributed by atoms with van der Waals surface area (Å²) in [6.07, 6.45) is 1.44. The van der Waals surface area contributed by atoms with Crippen molar-refractivity contribution in [2.24, 2.45) is 5.92 Å². The summed E-state index contributed by atoms with van der Waals surface area (Å²) >= 11 is 0. The predicted octanol–water partition coefficient (Wildman–Crippen LogP) is 2.78. The number of hydrogen-bond donors (Lipinski definition) is 0. The standard InChI is InChI=1S/C20H21F2N3O2/c1-13(26)24-8-7-16-17(11-24)23-12-25(19(16)27)18(14-5-3-2-4-6-14)15-9-20(21,22)10-15/h2-6,12,15,18H,7-11H2,1H3. The Bertz CT molecular complexity index is 919. The maximum absolute atomic E-state index is 13.5. The third-order valence-electron chi connectivity index (χ3n) is 5.61. The molecule has 0 N–H and O–H groups in total. The number of amides is 1. The smallest absolute Gasteiger partial charge is 0.257 e. The number of fused-ring (bicyclic) bond motifs is 1. The van der Waals surface area contributed by atoms with Crippen molar-refractivity contribution < 1.29 is 13.6 Å². The van der Waals surface area contributed by atoms with Crippen molar-refractivity contribution in [1.82, 2.24) is 14.5 Å². The van der Waals surface area contributed by atoms with Gasteiger partial charge in [-0.2, -0.15) is 0 Å². The van der Waals surface area contributed by atoms with E-state index in [-0.39, 0.29) is 30.2 Å². The molecule has 0 spiro atoms. The lowest BCUT2D eigenvalue weighted by Crippen LogP contribution is -2.45. The molecule has 1 aliphatic carbocycles. The summed E-state index contributed by atoms with van der Waals surface area (Å²) in [6, 6.07) is 8.83. The van der Waals surface area contributed by atoms with Gasteiger partial charge in [-0.1, -0.05) is 30.3 Å². The Hall–Kier alpha value is -2.57. The highest BCUT2D eigenvalue weighted by molar-refractivity contribution is 5.73. The van der Waals surface area contributed by atoms with Gasteiger partial charge in [-0.05, 0) is 17.9 Å². The summed E-state index contributed by atoms with van der Waals surface area (Å²) in [4.78, 5) is 30.8. The summed E-state index contributed by atoms with van der Waals surface area (Å²) in [6.45, 7) is 2.29. The van der Waals surface area contributed by atoms with Gasteiger partial charge in [-0.3, -0.25) is 14.2 Å². The molecule has 0 bridgehead atoms. The maximum Gasteiger partial charge on any atom is 0.257 e. The Morgan fingerprint density at radius 2 is 1.96 bits per heavy atom. The molecule has 0 saturated heterocycles. The van der Waals surface area contributed by atoms with E-state index in [1.165, 1.54) is 17.8 Å². The lowest BCUT2D eigenvalue weighted by Gasteiger charge is -2.41. The minimum Gasteiger partial charge on any atom is -0.337 e. The molecule has 1 amide bonds. The fourth-order valence-corrected chi connectivity index (χ4v) is 4.14. The van der Waals surface area contributed by atoms with Crippen LogP contribution in [0.5, 0.6) is 0 Å². The quantitative estimate of drug-likeness (QED) is 0.831. The Balaban J connectivity index is 1.73. The van der Waals surface area contributed by atoms with E-state index in [1.807, 2.05) is 30.3 Å². The minimum atomic E-state index is -2.66. The summed E-state index contributed by atoms with van der Waals surface area (Å²) in [5.41, 5.74) is 1.83. The highest BCUT2D eigenvalue weighted by Gasteiger charge is 2.49. The average molecular weight is 373 g/mol. The van der Waals surface area contributed by atoms with Crippen LogP contribution >= 0.6 is 0 Å². The summed E-state index contributed by atoms with van der Waals surface area (Å²) in [7, 11) is 0. The highest BCUT2D eigenvalue weighted by atomic mass is 19.3. The van der Waals surface area contributed by atoms with Gasteiger partial charge >= 0.3 is 0 Å². The third kappa shape index (κ3) is 3.26. The third-order valence-corrected chi connectivity index (χ3v) is 5.61. The second kappa shape index (κ2) is 6.55. The van der Waals surface area contributed by atoms with Crippen LogP contribution in [0.2, 0.25) is 0 Å². The summed E-state index contributed by atoms with van der Waals surface area (Å²) in [5, 5.41) is 0. The molecule has 5 nitrogen and oxygen atoms in total. The van der Waals surface area contributed by atoms with E-state index in [0.29, 0.717) is 30.8 Å². The summed E-state index contributed by atoms with van der Waals surface area (Å²) in [5.74, 6) is -3.02. The molecule has 1 aromatic heterocycles. The van der Waals surface area contributed by atoms with E-state index in [0.717, 1.165) is 5.56 Å². The number of carbonyl (C=O) groups excluding carboxylic acids is 1. The van der Waals surface area contributed by atoms with E-state index in [9.17, 15) is 18.4 Å². The molecular weight excluding hydrogens is 352 g/mol. The molecular formula is C20H21F2N3O2. The molecule has 1 atom stereocenters. The zero-order chi connectivity index (χ0) is 19.2. The lowest BCUT2D eigenvalue weighted by atomic mass is 9.74. The lowest BCUT2D eigenvalue weighted by molar-refractivity contribution is -0.129. The van der Waals surface area contributed by atoms with Crippen molar-refractivity contribution in [2.45, 2.75) is 44.7 Å². The van der Waals surface area contributed by atoms with Gasteiger partial charge in [-0.15, -0.1) is 0 Å². The normalized spacial score (nSPS) is 19.9. The Kier molecular flexibility index (Phi) is 4.32. The molecule has 1 saturated carbocycles. The average Bonchev–Trinajstić information content (AvgIpc) is 2.63. The zero-order valence-electron chi connectivity index (χ0n) is 15.1. The fourth-order valence-electron chi connectivity index (χ4n) is 4.14. The highest BCUT2D eigenvalue weighted by Crippen LogP contribution is 2.49. The van der Waals surface area contributed by atoms with Crippen LogP contribution in [0.15, 0.2) is 41.5 Å². The van der Waals surface area contributed by atoms with E-state index < -0.39 is 12.0 Å². The largest absolute Gasteiger partial charge is 0.337 e. The zero-order valence-corrected chi connectivity index (χ0v) is 15.1. The van der Waals surface area contributed by atoms with Crippen LogP contribution in [0, 0.1) is 5.92 Å². The van der Waals surface area contributed by atoms with Gasteiger partial charge in [0.15, 0.2) is 0 Å². The van der Waals surface area contributed by atoms with Crippen LogP contribution < -0.4 is 5.56 Å². The first kappa shape index (κ1) is 17.8. The Labute approximate surface area is 155 Å². The van der Waals surface area contributed by atoms with E-state index in [1.54, 1.807) is 4.90 Å². The van der Waals surface area contributed by atoms with Gasteiger partial charge in [0.05, 0.1) is 24.6 Å². The fraction of sp³-hybridized carbons (Fsp3) is 0.450. The number of rotatable bonds is 3. The molecule has 142 valence electrons. The Morgan fingerprint density at radius 3 is 2.59 bits per heavy atom. The molecule has 1 aliphatic heterocycles. The van der Waals surface area contributed by atoms with Gasteiger partial charge in [0.25, 0.3) is 5.56 Å². The van der Waals surface area contributed by atoms with Crippen LogP contribution in [0.25, 0.3) is 0 Å². The van der Waals surface area contributed by atoms with Crippen LogP contribution in [0.1, 0.15) is 42.6 Å². The number of aromatic nitrogens is 2. The molecule has 2 aromatic rings. The molecule has 4 rings (SSSR count). The SMILES string of the molecule is CC(=O)N1CCc2c(ncn(C(c3ccccc3)C3CC(F)(F)C3)c2=O)C1. The van der Waals surface area contributed by atoms with Crippen LogP contribution in [0.3, 0.4) is 0 Å². The molecule has 1 fully saturated rings. The van der Waals surface area contributed by atoms with Gasteiger partial charge < -0.3 is 4.90 Å². The van der Waals surface area contributed by atoms with Crippen molar-refractivity contribution in [3.05, 3.63) is 63.8 Å². The predicted molar refractivity (Wildman–Crippen MR) is 95.5 cm³/mol. The molecule has 7 heteroatoms. The Morgan fingerprint density at radius 1 is 1.26 bits per heavy atom. The van der Waals surface area contributed by atoms with Crippen molar-refractivity contribution in [3.8, 4) is 0 Å². The first-order chi connectivity index (χ1) is 12.9. The number of alkyl halides is 2. The number of benzene rings is 1. The summed E-state index contributed by atoms with van der Waals surface area (Å²) < 4.78 is 28.6. The van der Waals surface area contributed by atoms with E-state index >= 15 is 0 Å². The van der Waals surface area contributed by atoms with E-state index in [2.05, 4.69) is 4.98 Å². The monoisotopic (exact) mass is 373 g/mol. The molecule has 0 radical (unpaired) electrons. The minimum absolute atomic E-state index is 0.0505. The van der Waals surface area contributed by atoms with Gasteiger partial charge in [0.1, 0.15) is 0 Å². The van der Waals surface area contributed by atoms with Crippen molar-refractivity contribution in [1.29, 1.82) is 0 Å². The number of halogens is 2. The molecule has 1 aromatic carbocycles. The first-order valence-electron chi connectivity index (χ1n) is 9.13. The van der Waals surface area contributed by atoms with Crippen LogP contribution in [-0.4, -0.2) is 32.8 Å². The molecule has 1 unspecified atom stereocenters. The molecule has 27 heavy (non-hydrogen) atoms. The van der Waals surface area contributed by atoms with Gasteiger partial charge in [0, 0.05) is 31.9 Å². The number of carbonyl (C=O) groups is 1. The first-order valence-corrected chi connectivity index (χ1v) is 9.13. The van der Waals surface area contributed by atoms with Crippen molar-refractivity contribution in [3.63, 3.8) is 0 Å². The number of nitrogens with zero attached hydrogens (tertiary/aromatic N) is 3. The second-order valence-corrected chi connectivity index (χ2v) is 7.45. The topological polar surface area (TPSA) is 55.2 Å². The van der Waals surface area contributed by atoms with Gasteiger partial charge in [-0.25, -0.2) is 13.8 Å². The number of hydrogen-bond acceptors (Lipinski definition) is 3. The van der Waals surface area contributed by atoms with Crippen molar-refractivity contribution >= 4 is 5.91 Å². The van der Waals surface area contributed by atoms with Gasteiger partial charge in [0.2, 0.25) is 11.8 Å². The van der Waals surface area contributed by atoms with Crippen LogP contribution in [-0.2, 0) is 17.8 Å². The van der Waals surface area contributed by atoms with Crippen molar-refractivity contribution in [2.75, 3.05) is 6.54 Å². The molecule has 2 heterocycles. The maximum atomic E-state index is 13.5.